The Balaban J connectivity index is 1.98. The summed E-state index contributed by atoms with van der Waals surface area (Å²) in [6.07, 6.45) is 0. The van der Waals surface area contributed by atoms with Gasteiger partial charge in [0.1, 0.15) is 11.5 Å². The van der Waals surface area contributed by atoms with Crippen LogP contribution in [0.1, 0.15) is 13.8 Å². The number of carbonyl (C=O) groups is 1. The fourth-order valence-electron chi connectivity index (χ4n) is 1.68. The monoisotopic (exact) mass is 314 g/mol. The highest BCUT2D eigenvalue weighted by Crippen LogP contribution is 2.30. The third-order valence-electron chi connectivity index (χ3n) is 2.75. The van der Waals surface area contributed by atoms with Crippen molar-refractivity contribution in [2.24, 2.45) is 0 Å². The van der Waals surface area contributed by atoms with Crippen molar-refractivity contribution < 1.29 is 14.3 Å². The third-order valence-corrected chi connectivity index (χ3v) is 3.77. The molecule has 0 aliphatic carbocycles. The summed E-state index contributed by atoms with van der Waals surface area (Å²) in [6, 6.07) is 15.3. The standard InChI is InChI=1S/C18H18O3S/c1-4-20-14-5-9-16(10-6-14)22-17-11-7-15(8-12-17)21-18(19)13(2)3/h5-12H,2,4H2,1,3H3. The molecule has 0 bridgehead atoms. The minimum absolute atomic E-state index is 0.382. The van der Waals surface area contributed by atoms with Gasteiger partial charge >= 0.3 is 5.97 Å². The van der Waals surface area contributed by atoms with Gasteiger partial charge in [0.05, 0.1) is 6.61 Å². The molecule has 114 valence electrons. The van der Waals surface area contributed by atoms with Crippen LogP contribution in [0.15, 0.2) is 70.5 Å². The summed E-state index contributed by atoms with van der Waals surface area (Å²) in [4.78, 5) is 13.6. The van der Waals surface area contributed by atoms with Crippen molar-refractivity contribution in [1.82, 2.24) is 0 Å². The van der Waals surface area contributed by atoms with Crippen LogP contribution in [0.5, 0.6) is 11.5 Å². The maximum absolute atomic E-state index is 11.4. The molecule has 0 aliphatic heterocycles. The molecule has 0 saturated heterocycles. The Morgan fingerprint density at radius 3 is 1.95 bits per heavy atom. The van der Waals surface area contributed by atoms with Crippen LogP contribution in [0.4, 0.5) is 0 Å². The third kappa shape index (κ3) is 4.67. The van der Waals surface area contributed by atoms with Crippen LogP contribution in [0.25, 0.3) is 0 Å². The summed E-state index contributed by atoms with van der Waals surface area (Å²) in [6.45, 7) is 7.81. The van der Waals surface area contributed by atoms with E-state index in [0.717, 1.165) is 15.5 Å². The van der Waals surface area contributed by atoms with Crippen molar-refractivity contribution in [3.8, 4) is 11.5 Å². The molecule has 0 aromatic heterocycles. The van der Waals surface area contributed by atoms with Gasteiger partial charge in [0.15, 0.2) is 0 Å². The van der Waals surface area contributed by atoms with E-state index in [1.807, 2.05) is 43.3 Å². The number of hydrogen-bond donors (Lipinski definition) is 0. The molecular formula is C18H18O3S. The number of benzene rings is 2. The Hall–Kier alpha value is -2.20. The average Bonchev–Trinajstić information content (AvgIpc) is 2.51. The molecule has 0 fully saturated rings. The second kappa shape index (κ2) is 7.71. The zero-order chi connectivity index (χ0) is 15.9. The first kappa shape index (κ1) is 16.2. The average molecular weight is 314 g/mol. The van der Waals surface area contributed by atoms with Gasteiger partial charge in [0.2, 0.25) is 0 Å². The zero-order valence-corrected chi connectivity index (χ0v) is 13.5. The lowest BCUT2D eigenvalue weighted by molar-refractivity contribution is -0.130. The maximum Gasteiger partial charge on any atom is 0.338 e. The Kier molecular flexibility index (Phi) is 5.67. The van der Waals surface area contributed by atoms with Crippen molar-refractivity contribution in [3.05, 3.63) is 60.7 Å². The van der Waals surface area contributed by atoms with Gasteiger partial charge < -0.3 is 9.47 Å². The van der Waals surface area contributed by atoms with Crippen molar-refractivity contribution >= 4 is 17.7 Å². The molecule has 0 aliphatic rings. The Bertz CT molecular complexity index is 645. The molecule has 2 aromatic rings. The molecule has 0 heterocycles. The quantitative estimate of drug-likeness (QED) is 0.439. The predicted octanol–water partition coefficient (Wildman–Crippen LogP) is 4.72. The Labute approximate surface area is 135 Å². The van der Waals surface area contributed by atoms with Crippen molar-refractivity contribution in [1.29, 1.82) is 0 Å². The highest BCUT2D eigenvalue weighted by atomic mass is 32.2. The molecule has 2 aromatic carbocycles. The normalized spacial score (nSPS) is 10.1. The highest BCUT2D eigenvalue weighted by molar-refractivity contribution is 7.99. The van der Waals surface area contributed by atoms with Crippen LogP contribution < -0.4 is 9.47 Å². The van der Waals surface area contributed by atoms with Crippen LogP contribution in [-0.4, -0.2) is 12.6 Å². The van der Waals surface area contributed by atoms with Gasteiger partial charge in [-0.25, -0.2) is 4.79 Å². The summed E-state index contributed by atoms with van der Waals surface area (Å²) in [5.74, 6) is 0.977. The largest absolute Gasteiger partial charge is 0.494 e. The van der Waals surface area contributed by atoms with Crippen LogP contribution >= 0.6 is 11.8 Å². The van der Waals surface area contributed by atoms with Crippen molar-refractivity contribution in [2.75, 3.05) is 6.61 Å². The molecule has 3 nitrogen and oxygen atoms in total. The van der Waals surface area contributed by atoms with Crippen molar-refractivity contribution in [2.45, 2.75) is 23.6 Å². The minimum Gasteiger partial charge on any atom is -0.494 e. The fourth-order valence-corrected chi connectivity index (χ4v) is 2.49. The lowest BCUT2D eigenvalue weighted by atomic mass is 10.3. The number of carbonyl (C=O) groups excluding carboxylic acids is 1. The van der Waals surface area contributed by atoms with E-state index < -0.39 is 5.97 Å². The van der Waals surface area contributed by atoms with Gasteiger partial charge in [0, 0.05) is 15.4 Å². The summed E-state index contributed by atoms with van der Waals surface area (Å²) in [5, 5.41) is 0. The molecule has 0 N–H and O–H groups in total. The summed E-state index contributed by atoms with van der Waals surface area (Å²) in [7, 11) is 0. The lowest BCUT2D eigenvalue weighted by Crippen LogP contribution is -2.07. The van der Waals surface area contributed by atoms with E-state index in [1.165, 1.54) is 0 Å². The van der Waals surface area contributed by atoms with Gasteiger partial charge in [-0.1, -0.05) is 18.3 Å². The molecule has 0 saturated carbocycles. The fraction of sp³-hybridized carbons (Fsp3) is 0.167. The number of hydrogen-bond acceptors (Lipinski definition) is 4. The van der Waals surface area contributed by atoms with Crippen LogP contribution in [0, 0.1) is 0 Å². The van der Waals surface area contributed by atoms with Gasteiger partial charge in [-0.05, 0) is 62.4 Å². The van der Waals surface area contributed by atoms with Crippen LogP contribution in [0.2, 0.25) is 0 Å². The van der Waals surface area contributed by atoms with E-state index in [0.29, 0.717) is 17.9 Å². The van der Waals surface area contributed by atoms with Gasteiger partial charge in [-0.2, -0.15) is 0 Å². The molecule has 0 unspecified atom stereocenters. The number of ether oxygens (including phenoxy) is 2. The first-order valence-corrected chi connectivity index (χ1v) is 7.78. The smallest absolute Gasteiger partial charge is 0.338 e. The molecule has 22 heavy (non-hydrogen) atoms. The molecular weight excluding hydrogens is 296 g/mol. The summed E-state index contributed by atoms with van der Waals surface area (Å²) in [5.41, 5.74) is 0.382. The lowest BCUT2D eigenvalue weighted by Gasteiger charge is -2.06. The number of rotatable bonds is 6. The molecule has 0 atom stereocenters. The van der Waals surface area contributed by atoms with E-state index in [9.17, 15) is 4.79 Å². The van der Waals surface area contributed by atoms with Gasteiger partial charge in [-0.3, -0.25) is 0 Å². The van der Waals surface area contributed by atoms with Crippen LogP contribution in [0.3, 0.4) is 0 Å². The van der Waals surface area contributed by atoms with Crippen LogP contribution in [-0.2, 0) is 4.79 Å². The second-order valence-electron chi connectivity index (χ2n) is 4.65. The Morgan fingerprint density at radius 2 is 1.50 bits per heavy atom. The molecule has 0 spiro atoms. The van der Waals surface area contributed by atoms with Gasteiger partial charge in [-0.15, -0.1) is 0 Å². The summed E-state index contributed by atoms with van der Waals surface area (Å²) >= 11 is 1.63. The molecule has 0 radical (unpaired) electrons. The maximum atomic E-state index is 11.4. The SMILES string of the molecule is C=C(C)C(=O)Oc1ccc(Sc2ccc(OCC)cc2)cc1. The minimum atomic E-state index is -0.410. The predicted molar refractivity (Wildman–Crippen MR) is 88.6 cm³/mol. The van der Waals surface area contributed by atoms with Crippen molar-refractivity contribution in [3.63, 3.8) is 0 Å². The highest BCUT2D eigenvalue weighted by Gasteiger charge is 2.05. The van der Waals surface area contributed by atoms with E-state index in [4.69, 9.17) is 9.47 Å². The van der Waals surface area contributed by atoms with E-state index in [2.05, 4.69) is 6.58 Å². The first-order valence-electron chi connectivity index (χ1n) is 6.97. The first-order chi connectivity index (χ1) is 10.6. The zero-order valence-electron chi connectivity index (χ0n) is 12.7. The van der Waals surface area contributed by atoms with Gasteiger partial charge in [0.25, 0.3) is 0 Å². The van der Waals surface area contributed by atoms with E-state index in [-0.39, 0.29) is 0 Å². The summed E-state index contributed by atoms with van der Waals surface area (Å²) < 4.78 is 10.6. The molecule has 0 amide bonds. The molecule has 2 rings (SSSR count). The second-order valence-corrected chi connectivity index (χ2v) is 5.79. The van der Waals surface area contributed by atoms with E-state index in [1.54, 1.807) is 30.8 Å². The number of esters is 1. The molecule has 4 heteroatoms. The van der Waals surface area contributed by atoms with E-state index >= 15 is 0 Å². The topological polar surface area (TPSA) is 35.5 Å². The Morgan fingerprint density at radius 1 is 1.00 bits per heavy atom.